The Morgan fingerprint density at radius 1 is 1.33 bits per heavy atom. The van der Waals surface area contributed by atoms with Crippen LogP contribution >= 0.6 is 0 Å². The second-order valence-corrected chi connectivity index (χ2v) is 3.43. The molecule has 12 heavy (non-hydrogen) atoms. The molecule has 0 aromatic rings. The third-order valence-corrected chi connectivity index (χ3v) is 2.59. The molecular formula is C8H16N2O2. The highest BCUT2D eigenvalue weighted by Crippen LogP contribution is 2.26. The molecule has 0 aliphatic carbocycles. The third-order valence-electron chi connectivity index (χ3n) is 2.59. The van der Waals surface area contributed by atoms with Gasteiger partial charge in [-0.3, -0.25) is 4.90 Å². The van der Waals surface area contributed by atoms with Gasteiger partial charge < -0.3 is 15.2 Å². The van der Waals surface area contributed by atoms with E-state index in [2.05, 4.69) is 5.32 Å². The van der Waals surface area contributed by atoms with Crippen molar-refractivity contribution in [2.24, 2.45) is 0 Å². The van der Waals surface area contributed by atoms with E-state index in [-0.39, 0.29) is 0 Å². The van der Waals surface area contributed by atoms with E-state index in [0.717, 1.165) is 39.0 Å². The lowest BCUT2D eigenvalue weighted by Crippen LogP contribution is -2.56. The van der Waals surface area contributed by atoms with E-state index in [1.807, 2.05) is 4.90 Å². The molecule has 0 radical (unpaired) electrons. The van der Waals surface area contributed by atoms with E-state index in [1.54, 1.807) is 0 Å². The summed E-state index contributed by atoms with van der Waals surface area (Å²) in [7, 11) is 0. The first-order chi connectivity index (χ1) is 5.81. The fourth-order valence-corrected chi connectivity index (χ4v) is 1.87. The molecule has 0 saturated carbocycles. The van der Waals surface area contributed by atoms with Gasteiger partial charge in [0.1, 0.15) is 0 Å². The van der Waals surface area contributed by atoms with Gasteiger partial charge in [-0.05, 0) is 6.42 Å². The number of nitrogens with one attached hydrogen (secondary N) is 1. The van der Waals surface area contributed by atoms with Crippen molar-refractivity contribution >= 4 is 0 Å². The average molecular weight is 172 g/mol. The number of rotatable bonds is 1. The Hall–Kier alpha value is -0.160. The zero-order valence-corrected chi connectivity index (χ0v) is 7.25. The molecule has 0 amide bonds. The van der Waals surface area contributed by atoms with Gasteiger partial charge in [0, 0.05) is 32.6 Å². The highest BCUT2D eigenvalue weighted by Gasteiger charge is 2.39. The van der Waals surface area contributed by atoms with E-state index in [4.69, 9.17) is 4.74 Å². The standard InChI is InChI=1S/C8H16N2O2/c11-8(2-1-7-12-8)10-5-3-9-4-6-10/h9,11H,1-7H2/t8-/m1/s1. The monoisotopic (exact) mass is 172 g/mol. The topological polar surface area (TPSA) is 44.7 Å². The predicted molar refractivity (Wildman–Crippen MR) is 44.6 cm³/mol. The third kappa shape index (κ3) is 1.47. The molecule has 1 atom stereocenters. The molecule has 2 saturated heterocycles. The predicted octanol–water partition coefficient (Wildman–Crippen LogP) is -0.652. The quantitative estimate of drug-likeness (QED) is 0.551. The maximum atomic E-state index is 9.99. The van der Waals surface area contributed by atoms with Gasteiger partial charge in [-0.2, -0.15) is 0 Å². The smallest absolute Gasteiger partial charge is 0.227 e. The average Bonchev–Trinajstić information content (AvgIpc) is 2.55. The highest BCUT2D eigenvalue weighted by molar-refractivity contribution is 4.79. The molecule has 2 aliphatic rings. The minimum absolute atomic E-state index is 0.695. The Morgan fingerprint density at radius 3 is 2.67 bits per heavy atom. The van der Waals surface area contributed by atoms with Crippen LogP contribution < -0.4 is 5.32 Å². The maximum Gasteiger partial charge on any atom is 0.227 e. The van der Waals surface area contributed by atoms with Crippen molar-refractivity contribution in [2.75, 3.05) is 32.8 Å². The van der Waals surface area contributed by atoms with Crippen LogP contribution in [0.25, 0.3) is 0 Å². The van der Waals surface area contributed by atoms with Crippen LogP contribution in [0.15, 0.2) is 0 Å². The molecule has 0 unspecified atom stereocenters. The lowest BCUT2D eigenvalue weighted by molar-refractivity contribution is -0.269. The second kappa shape index (κ2) is 3.30. The number of hydrogen-bond acceptors (Lipinski definition) is 4. The summed E-state index contributed by atoms with van der Waals surface area (Å²) >= 11 is 0. The Labute approximate surface area is 72.5 Å². The Kier molecular flexibility index (Phi) is 2.32. The van der Waals surface area contributed by atoms with Gasteiger partial charge in [-0.15, -0.1) is 0 Å². The van der Waals surface area contributed by atoms with E-state index in [0.29, 0.717) is 6.61 Å². The summed E-state index contributed by atoms with van der Waals surface area (Å²) in [6.45, 7) is 4.37. The van der Waals surface area contributed by atoms with Crippen molar-refractivity contribution in [1.29, 1.82) is 0 Å². The molecule has 4 heteroatoms. The van der Waals surface area contributed by atoms with Crippen LogP contribution in [-0.4, -0.2) is 48.7 Å². The van der Waals surface area contributed by atoms with Crippen molar-refractivity contribution < 1.29 is 9.84 Å². The summed E-state index contributed by atoms with van der Waals surface area (Å²) < 4.78 is 5.33. The van der Waals surface area contributed by atoms with Crippen LogP contribution in [-0.2, 0) is 4.74 Å². The van der Waals surface area contributed by atoms with Crippen molar-refractivity contribution in [3.8, 4) is 0 Å². The lowest BCUT2D eigenvalue weighted by atomic mass is 10.2. The second-order valence-electron chi connectivity index (χ2n) is 3.43. The fraction of sp³-hybridized carbons (Fsp3) is 1.00. The molecule has 2 aliphatic heterocycles. The molecule has 2 fully saturated rings. The largest absolute Gasteiger partial charge is 0.353 e. The van der Waals surface area contributed by atoms with Crippen LogP contribution in [0.1, 0.15) is 12.8 Å². The van der Waals surface area contributed by atoms with Gasteiger partial charge in [0.15, 0.2) is 0 Å². The van der Waals surface area contributed by atoms with Gasteiger partial charge in [-0.25, -0.2) is 0 Å². The Bertz CT molecular complexity index is 151. The van der Waals surface area contributed by atoms with Crippen molar-refractivity contribution in [2.45, 2.75) is 18.8 Å². The van der Waals surface area contributed by atoms with Gasteiger partial charge >= 0.3 is 0 Å². The summed E-state index contributed by atoms with van der Waals surface area (Å²) in [5, 5.41) is 13.2. The minimum Gasteiger partial charge on any atom is -0.353 e. The van der Waals surface area contributed by atoms with Gasteiger partial charge in [0.25, 0.3) is 0 Å². The Morgan fingerprint density at radius 2 is 2.08 bits per heavy atom. The molecule has 2 N–H and O–H groups in total. The van der Waals surface area contributed by atoms with E-state index in [1.165, 1.54) is 0 Å². The molecule has 2 heterocycles. The minimum atomic E-state index is -0.942. The van der Waals surface area contributed by atoms with Gasteiger partial charge in [0.05, 0.1) is 6.61 Å². The van der Waals surface area contributed by atoms with Crippen molar-refractivity contribution in [3.05, 3.63) is 0 Å². The molecule has 0 spiro atoms. The van der Waals surface area contributed by atoms with Crippen LogP contribution in [0.3, 0.4) is 0 Å². The first-order valence-corrected chi connectivity index (χ1v) is 4.63. The first-order valence-electron chi connectivity index (χ1n) is 4.63. The van der Waals surface area contributed by atoms with Crippen LogP contribution in [0.2, 0.25) is 0 Å². The summed E-state index contributed by atoms with van der Waals surface area (Å²) in [4.78, 5) is 2.02. The van der Waals surface area contributed by atoms with Crippen molar-refractivity contribution in [3.63, 3.8) is 0 Å². The molecule has 4 nitrogen and oxygen atoms in total. The summed E-state index contributed by atoms with van der Waals surface area (Å²) in [6.07, 6.45) is 1.73. The number of nitrogens with zero attached hydrogens (tertiary/aromatic N) is 1. The highest BCUT2D eigenvalue weighted by atomic mass is 16.7. The van der Waals surface area contributed by atoms with Crippen LogP contribution in [0.5, 0.6) is 0 Å². The molecular weight excluding hydrogens is 156 g/mol. The molecule has 2 rings (SSSR count). The molecule has 0 aromatic heterocycles. The normalized spacial score (nSPS) is 38.8. The number of ether oxygens (including phenoxy) is 1. The molecule has 0 bridgehead atoms. The SMILES string of the molecule is O[C@]1(N2CCNCC2)CCCO1. The zero-order chi connectivity index (χ0) is 8.44. The first kappa shape index (κ1) is 8.44. The van der Waals surface area contributed by atoms with Gasteiger partial charge in [-0.1, -0.05) is 0 Å². The van der Waals surface area contributed by atoms with E-state index >= 15 is 0 Å². The summed E-state index contributed by atoms with van der Waals surface area (Å²) in [5.41, 5.74) is 0. The van der Waals surface area contributed by atoms with Crippen LogP contribution in [0.4, 0.5) is 0 Å². The summed E-state index contributed by atoms with van der Waals surface area (Å²) in [5.74, 6) is -0.942. The lowest BCUT2D eigenvalue weighted by Gasteiger charge is -2.38. The fourth-order valence-electron chi connectivity index (χ4n) is 1.87. The summed E-state index contributed by atoms with van der Waals surface area (Å²) in [6, 6.07) is 0. The number of hydrogen-bond donors (Lipinski definition) is 2. The van der Waals surface area contributed by atoms with Gasteiger partial charge in [0.2, 0.25) is 5.91 Å². The van der Waals surface area contributed by atoms with E-state index in [9.17, 15) is 5.11 Å². The zero-order valence-electron chi connectivity index (χ0n) is 7.25. The molecule has 70 valence electrons. The number of aliphatic hydroxyl groups is 1. The number of piperazine rings is 1. The van der Waals surface area contributed by atoms with E-state index < -0.39 is 5.91 Å². The van der Waals surface area contributed by atoms with Crippen molar-refractivity contribution in [1.82, 2.24) is 10.2 Å². The maximum absolute atomic E-state index is 9.99. The Balaban J connectivity index is 1.96. The molecule has 0 aromatic carbocycles. The van der Waals surface area contributed by atoms with Crippen LogP contribution in [0, 0.1) is 0 Å².